The minimum absolute atomic E-state index is 0.0534. The normalized spacial score (nSPS) is 21.1. The van der Waals surface area contributed by atoms with Gasteiger partial charge in [0.1, 0.15) is 4.88 Å². The second-order valence-electron chi connectivity index (χ2n) is 5.31. The van der Waals surface area contributed by atoms with E-state index >= 15 is 0 Å². The molecule has 2 N–H and O–H groups in total. The third-order valence-corrected chi connectivity index (χ3v) is 5.51. The lowest BCUT2D eigenvalue weighted by Gasteiger charge is -2.42. The molecular formula is C14H19ClN2O3S. The molecule has 1 heterocycles. The van der Waals surface area contributed by atoms with E-state index in [2.05, 4.69) is 5.32 Å². The number of amides is 1. The first-order valence-corrected chi connectivity index (χ1v) is 8.18. The van der Waals surface area contributed by atoms with Crippen LogP contribution in [0.15, 0.2) is 5.38 Å². The summed E-state index contributed by atoms with van der Waals surface area (Å²) in [5.74, 6) is -0.951. The van der Waals surface area contributed by atoms with Gasteiger partial charge >= 0.3 is 5.97 Å². The zero-order chi connectivity index (χ0) is 15.6. The number of nitrogens with zero attached hydrogens (tertiary/aromatic N) is 1. The first kappa shape index (κ1) is 16.3. The number of halogens is 1. The van der Waals surface area contributed by atoms with Gasteiger partial charge in [0.2, 0.25) is 0 Å². The molecule has 21 heavy (non-hydrogen) atoms. The number of carboxylic acid groups (broad SMARTS) is 1. The smallest absolute Gasteiger partial charge is 0.317 e. The van der Waals surface area contributed by atoms with E-state index in [-0.39, 0.29) is 24.5 Å². The van der Waals surface area contributed by atoms with Crippen molar-refractivity contribution in [3.63, 3.8) is 0 Å². The molecule has 5 nitrogen and oxygen atoms in total. The van der Waals surface area contributed by atoms with Crippen molar-refractivity contribution in [2.24, 2.45) is 0 Å². The second-order valence-corrected chi connectivity index (χ2v) is 6.57. The Morgan fingerprint density at radius 1 is 1.52 bits per heavy atom. The van der Waals surface area contributed by atoms with E-state index in [1.165, 1.54) is 11.3 Å². The van der Waals surface area contributed by atoms with Gasteiger partial charge in [-0.1, -0.05) is 18.5 Å². The molecule has 1 amide bonds. The maximum atomic E-state index is 12.1. The minimum atomic E-state index is -0.815. The third-order valence-electron chi connectivity index (χ3n) is 3.81. The van der Waals surface area contributed by atoms with Crippen molar-refractivity contribution in [2.45, 2.75) is 38.8 Å². The van der Waals surface area contributed by atoms with Crippen LogP contribution in [0.5, 0.6) is 0 Å². The third kappa shape index (κ3) is 3.75. The predicted molar refractivity (Wildman–Crippen MR) is 83.2 cm³/mol. The number of carbonyl (C=O) groups excluding carboxylic acids is 1. The number of hydrogen-bond acceptors (Lipinski definition) is 4. The van der Waals surface area contributed by atoms with E-state index in [0.29, 0.717) is 16.4 Å². The Morgan fingerprint density at radius 3 is 2.67 bits per heavy atom. The lowest BCUT2D eigenvalue weighted by molar-refractivity contribution is -0.139. The quantitative estimate of drug-likeness (QED) is 0.840. The Labute approximate surface area is 132 Å². The van der Waals surface area contributed by atoms with Crippen LogP contribution >= 0.6 is 22.9 Å². The molecule has 1 aromatic heterocycles. The molecule has 1 fully saturated rings. The molecule has 0 spiro atoms. The Bertz CT molecular complexity index is 540. The highest BCUT2D eigenvalue weighted by atomic mass is 35.5. The molecule has 0 aliphatic heterocycles. The van der Waals surface area contributed by atoms with Crippen molar-refractivity contribution in [2.75, 3.05) is 13.1 Å². The summed E-state index contributed by atoms with van der Waals surface area (Å²) in [5, 5.41) is 14.2. The Hall–Kier alpha value is -1.11. The molecule has 7 heteroatoms. The number of hydrogen-bond donors (Lipinski definition) is 2. The lowest BCUT2D eigenvalue weighted by atomic mass is 9.85. The van der Waals surface area contributed by atoms with Gasteiger partial charge in [-0.15, -0.1) is 11.3 Å². The Morgan fingerprint density at radius 2 is 2.19 bits per heavy atom. The molecule has 1 aromatic rings. The molecule has 1 aliphatic carbocycles. The number of likely N-dealkylation sites (N-methyl/N-ethyl adjacent to an activating group) is 1. The van der Waals surface area contributed by atoms with Crippen LogP contribution in [0.3, 0.4) is 0 Å². The summed E-state index contributed by atoms with van der Waals surface area (Å²) in [6.45, 7) is 4.58. The highest BCUT2D eigenvalue weighted by Crippen LogP contribution is 2.29. The fourth-order valence-electron chi connectivity index (χ4n) is 2.51. The zero-order valence-electron chi connectivity index (χ0n) is 12.1. The second kappa shape index (κ2) is 6.77. The minimum Gasteiger partial charge on any atom is -0.480 e. The monoisotopic (exact) mass is 330 g/mol. The molecule has 0 radical (unpaired) electrons. The van der Waals surface area contributed by atoms with Gasteiger partial charge in [0.15, 0.2) is 0 Å². The molecule has 2 rings (SSSR count). The van der Waals surface area contributed by atoms with Crippen molar-refractivity contribution < 1.29 is 14.7 Å². The molecule has 116 valence electrons. The fourth-order valence-corrected chi connectivity index (χ4v) is 3.69. The topological polar surface area (TPSA) is 69.6 Å². The van der Waals surface area contributed by atoms with Gasteiger partial charge in [0, 0.05) is 12.1 Å². The van der Waals surface area contributed by atoms with E-state index in [0.717, 1.165) is 18.4 Å². The number of carboxylic acids is 1. The average Bonchev–Trinajstić information content (AvgIpc) is 2.71. The van der Waals surface area contributed by atoms with Crippen molar-refractivity contribution in [3.8, 4) is 0 Å². The van der Waals surface area contributed by atoms with Crippen molar-refractivity contribution in [3.05, 3.63) is 20.8 Å². The maximum absolute atomic E-state index is 12.1. The summed E-state index contributed by atoms with van der Waals surface area (Å²) >= 11 is 7.43. The summed E-state index contributed by atoms with van der Waals surface area (Å²) in [5.41, 5.74) is 0.914. The number of rotatable bonds is 6. The predicted octanol–water partition coefficient (Wildman–Crippen LogP) is 2.38. The van der Waals surface area contributed by atoms with E-state index in [1.54, 1.807) is 0 Å². The van der Waals surface area contributed by atoms with Crippen molar-refractivity contribution in [1.82, 2.24) is 10.2 Å². The van der Waals surface area contributed by atoms with Gasteiger partial charge in [0.05, 0.1) is 11.6 Å². The summed E-state index contributed by atoms with van der Waals surface area (Å²) in [6.07, 6.45) is 1.57. The van der Waals surface area contributed by atoms with Crippen LogP contribution < -0.4 is 5.32 Å². The van der Waals surface area contributed by atoms with Crippen LogP contribution in [0, 0.1) is 6.92 Å². The first-order chi connectivity index (χ1) is 9.92. The molecule has 0 unspecified atom stereocenters. The maximum Gasteiger partial charge on any atom is 0.317 e. The van der Waals surface area contributed by atoms with Crippen molar-refractivity contribution >= 4 is 34.8 Å². The number of aliphatic carboxylic acids is 1. The van der Waals surface area contributed by atoms with Crippen molar-refractivity contribution in [1.29, 1.82) is 0 Å². The van der Waals surface area contributed by atoms with Gasteiger partial charge in [-0.05, 0) is 37.3 Å². The molecule has 1 aliphatic rings. The number of thiophene rings is 1. The fraction of sp³-hybridized carbons (Fsp3) is 0.571. The largest absolute Gasteiger partial charge is 0.480 e. The summed E-state index contributed by atoms with van der Waals surface area (Å²) in [6, 6.07) is 0.334. The van der Waals surface area contributed by atoms with E-state index in [4.69, 9.17) is 16.7 Å². The van der Waals surface area contributed by atoms with E-state index < -0.39 is 5.97 Å². The molecular weight excluding hydrogens is 312 g/mol. The SMILES string of the molecule is CCN(CC(=O)O)C1CC(NC(=O)c2scc(C)c2Cl)C1. The highest BCUT2D eigenvalue weighted by molar-refractivity contribution is 7.13. The lowest BCUT2D eigenvalue weighted by Crippen LogP contribution is -2.54. The molecule has 0 atom stereocenters. The molecule has 0 saturated heterocycles. The standard InChI is InChI=1S/C14H19ClN2O3S/c1-3-17(6-11(18)19)10-4-9(5-10)16-14(20)13-12(15)8(2)7-21-13/h7,9-10H,3-6H2,1-2H3,(H,16,20)(H,18,19). The Balaban J connectivity index is 1.84. The summed E-state index contributed by atoms with van der Waals surface area (Å²) in [4.78, 5) is 25.4. The molecule has 0 bridgehead atoms. The zero-order valence-corrected chi connectivity index (χ0v) is 13.6. The number of carbonyl (C=O) groups is 2. The van der Waals surface area contributed by atoms with Crippen LogP contribution in [-0.2, 0) is 4.79 Å². The van der Waals surface area contributed by atoms with Gasteiger partial charge in [-0.25, -0.2) is 0 Å². The van der Waals surface area contributed by atoms with Gasteiger partial charge in [-0.3, -0.25) is 14.5 Å². The number of aryl methyl sites for hydroxylation is 1. The number of nitrogens with one attached hydrogen (secondary N) is 1. The summed E-state index contributed by atoms with van der Waals surface area (Å²) in [7, 11) is 0. The van der Waals surface area contributed by atoms with Crippen LogP contribution in [0.2, 0.25) is 5.02 Å². The van der Waals surface area contributed by atoms with Crippen LogP contribution in [-0.4, -0.2) is 47.1 Å². The van der Waals surface area contributed by atoms with Crippen LogP contribution in [0.4, 0.5) is 0 Å². The van der Waals surface area contributed by atoms with E-state index in [9.17, 15) is 9.59 Å². The Kier molecular flexibility index (Phi) is 5.24. The summed E-state index contributed by atoms with van der Waals surface area (Å²) < 4.78 is 0. The van der Waals surface area contributed by atoms with Gasteiger partial charge in [-0.2, -0.15) is 0 Å². The van der Waals surface area contributed by atoms with Gasteiger partial charge in [0.25, 0.3) is 5.91 Å². The molecule has 0 aromatic carbocycles. The van der Waals surface area contributed by atoms with Gasteiger partial charge < -0.3 is 10.4 Å². The highest BCUT2D eigenvalue weighted by Gasteiger charge is 2.35. The molecule has 1 saturated carbocycles. The van der Waals surface area contributed by atoms with Crippen LogP contribution in [0.25, 0.3) is 0 Å². The first-order valence-electron chi connectivity index (χ1n) is 6.92. The van der Waals surface area contributed by atoms with Crippen LogP contribution in [0.1, 0.15) is 35.0 Å². The average molecular weight is 331 g/mol. The van der Waals surface area contributed by atoms with E-state index in [1.807, 2.05) is 24.1 Å².